The van der Waals surface area contributed by atoms with Gasteiger partial charge in [0.2, 0.25) is 0 Å². The first kappa shape index (κ1) is 14.9. The molecule has 1 aromatic carbocycles. The maximum Gasteiger partial charge on any atom is 0.338 e. The van der Waals surface area contributed by atoms with Crippen LogP contribution >= 0.6 is 0 Å². The van der Waals surface area contributed by atoms with E-state index in [1.165, 1.54) is 0 Å². The quantitative estimate of drug-likeness (QED) is 0.851. The first-order valence-corrected chi connectivity index (χ1v) is 7.22. The Morgan fingerprint density at radius 3 is 2.35 bits per heavy atom. The van der Waals surface area contributed by atoms with Crippen LogP contribution in [-0.2, 0) is 4.74 Å². The standard InChI is InChI=1S/C16H23NO3/c1-16(2,13-8-10-17-11-9-13)20-15(18)12-4-6-14(19-3)7-5-12/h4-7,13,17H,8-11H2,1-3H3/p+1. The number of carbonyl (C=O) groups excluding carboxylic acids is 1. The van der Waals surface area contributed by atoms with E-state index in [4.69, 9.17) is 9.47 Å². The highest BCUT2D eigenvalue weighted by molar-refractivity contribution is 5.89. The van der Waals surface area contributed by atoms with Crippen molar-refractivity contribution in [2.24, 2.45) is 5.92 Å². The molecule has 0 spiro atoms. The summed E-state index contributed by atoms with van der Waals surface area (Å²) >= 11 is 0. The molecule has 1 fully saturated rings. The molecule has 1 aromatic rings. The number of nitrogens with two attached hydrogens (primary N) is 1. The summed E-state index contributed by atoms with van der Waals surface area (Å²) in [6.45, 7) is 6.27. The molecule has 0 atom stereocenters. The second-order valence-electron chi connectivity index (χ2n) is 5.86. The van der Waals surface area contributed by atoms with E-state index >= 15 is 0 Å². The van der Waals surface area contributed by atoms with Gasteiger partial charge in [-0.1, -0.05) is 0 Å². The third kappa shape index (κ3) is 3.51. The fourth-order valence-electron chi connectivity index (χ4n) is 2.73. The van der Waals surface area contributed by atoms with E-state index in [1.807, 2.05) is 13.8 Å². The van der Waals surface area contributed by atoms with Crippen LogP contribution in [0, 0.1) is 5.92 Å². The number of esters is 1. The lowest BCUT2D eigenvalue weighted by Gasteiger charge is -2.35. The van der Waals surface area contributed by atoms with Crippen molar-refractivity contribution in [2.75, 3.05) is 20.2 Å². The van der Waals surface area contributed by atoms with Crippen molar-refractivity contribution in [3.05, 3.63) is 29.8 Å². The van der Waals surface area contributed by atoms with Crippen LogP contribution in [0.4, 0.5) is 0 Å². The van der Waals surface area contributed by atoms with Crippen LogP contribution in [0.15, 0.2) is 24.3 Å². The highest BCUT2D eigenvalue weighted by Crippen LogP contribution is 2.29. The third-order valence-corrected chi connectivity index (χ3v) is 4.10. The number of benzene rings is 1. The smallest absolute Gasteiger partial charge is 0.338 e. The van der Waals surface area contributed by atoms with Crippen molar-refractivity contribution in [3.63, 3.8) is 0 Å². The normalized spacial score (nSPS) is 16.8. The van der Waals surface area contributed by atoms with Crippen LogP contribution in [0.25, 0.3) is 0 Å². The predicted octanol–water partition coefficient (Wildman–Crippen LogP) is 1.60. The average Bonchev–Trinajstić information content (AvgIpc) is 2.48. The maximum atomic E-state index is 12.2. The van der Waals surface area contributed by atoms with E-state index in [0.717, 1.165) is 31.7 Å². The van der Waals surface area contributed by atoms with Gasteiger partial charge >= 0.3 is 5.97 Å². The second-order valence-corrected chi connectivity index (χ2v) is 5.86. The Morgan fingerprint density at radius 2 is 1.80 bits per heavy atom. The van der Waals surface area contributed by atoms with E-state index in [2.05, 4.69) is 5.32 Å². The fourth-order valence-corrected chi connectivity index (χ4v) is 2.73. The van der Waals surface area contributed by atoms with E-state index in [0.29, 0.717) is 11.5 Å². The van der Waals surface area contributed by atoms with Crippen LogP contribution in [0.5, 0.6) is 5.75 Å². The first-order valence-electron chi connectivity index (χ1n) is 7.22. The molecule has 0 saturated carbocycles. The molecular weight excluding hydrogens is 254 g/mol. The minimum atomic E-state index is -0.411. The zero-order chi connectivity index (χ0) is 14.6. The molecular formula is C16H24NO3+. The summed E-state index contributed by atoms with van der Waals surface area (Å²) in [7, 11) is 1.61. The van der Waals surface area contributed by atoms with Crippen molar-refractivity contribution < 1.29 is 19.6 Å². The summed E-state index contributed by atoms with van der Waals surface area (Å²) in [6, 6.07) is 7.04. The number of piperidine rings is 1. The summed E-state index contributed by atoms with van der Waals surface area (Å²) in [5.41, 5.74) is 0.159. The van der Waals surface area contributed by atoms with Gasteiger partial charge < -0.3 is 14.8 Å². The lowest BCUT2D eigenvalue weighted by Crippen LogP contribution is -2.86. The second kappa shape index (κ2) is 6.27. The van der Waals surface area contributed by atoms with Gasteiger partial charge in [0.05, 0.1) is 25.8 Å². The third-order valence-electron chi connectivity index (χ3n) is 4.10. The summed E-state index contributed by atoms with van der Waals surface area (Å²) in [5, 5.41) is 2.32. The van der Waals surface area contributed by atoms with Gasteiger partial charge in [0.15, 0.2) is 0 Å². The van der Waals surface area contributed by atoms with Gasteiger partial charge in [0, 0.05) is 18.8 Å². The number of quaternary nitrogens is 1. The minimum absolute atomic E-state index is 0.257. The number of ether oxygens (including phenoxy) is 2. The van der Waals surface area contributed by atoms with Gasteiger partial charge in [0.25, 0.3) is 0 Å². The Morgan fingerprint density at radius 1 is 1.20 bits per heavy atom. The molecule has 2 rings (SSSR count). The zero-order valence-electron chi connectivity index (χ0n) is 12.5. The lowest BCUT2D eigenvalue weighted by molar-refractivity contribution is -0.665. The summed E-state index contributed by atoms with van der Waals surface area (Å²) in [5.74, 6) is 0.922. The molecule has 0 unspecified atom stereocenters. The van der Waals surface area contributed by atoms with Crippen molar-refractivity contribution >= 4 is 5.97 Å². The largest absolute Gasteiger partial charge is 0.497 e. The maximum absolute atomic E-state index is 12.2. The van der Waals surface area contributed by atoms with Crippen LogP contribution in [0.3, 0.4) is 0 Å². The molecule has 1 saturated heterocycles. The Labute approximate surface area is 120 Å². The Hall–Kier alpha value is -1.55. The number of carbonyl (C=O) groups is 1. The zero-order valence-corrected chi connectivity index (χ0v) is 12.5. The summed E-state index contributed by atoms with van der Waals surface area (Å²) in [6.07, 6.45) is 2.20. The molecule has 0 amide bonds. The molecule has 0 aromatic heterocycles. The highest BCUT2D eigenvalue weighted by atomic mass is 16.6. The van der Waals surface area contributed by atoms with Gasteiger partial charge in [0.1, 0.15) is 11.4 Å². The van der Waals surface area contributed by atoms with E-state index in [1.54, 1.807) is 31.4 Å². The number of hydrogen-bond donors (Lipinski definition) is 1. The molecule has 4 heteroatoms. The molecule has 0 radical (unpaired) electrons. The Kier molecular flexibility index (Phi) is 4.65. The van der Waals surface area contributed by atoms with Gasteiger partial charge in [-0.3, -0.25) is 0 Å². The van der Waals surface area contributed by atoms with Crippen molar-refractivity contribution in [1.82, 2.24) is 0 Å². The van der Waals surface area contributed by atoms with Crippen molar-refractivity contribution in [1.29, 1.82) is 0 Å². The van der Waals surface area contributed by atoms with Crippen LogP contribution in [0.1, 0.15) is 37.0 Å². The highest BCUT2D eigenvalue weighted by Gasteiger charge is 2.35. The van der Waals surface area contributed by atoms with Crippen LogP contribution in [-0.4, -0.2) is 31.8 Å². The Bertz CT molecular complexity index is 447. The van der Waals surface area contributed by atoms with E-state index in [9.17, 15) is 4.79 Å². The van der Waals surface area contributed by atoms with Gasteiger partial charge in [-0.15, -0.1) is 0 Å². The summed E-state index contributed by atoms with van der Waals surface area (Å²) in [4.78, 5) is 12.2. The first-order chi connectivity index (χ1) is 9.53. The molecule has 4 nitrogen and oxygen atoms in total. The molecule has 1 heterocycles. The number of hydrogen-bond acceptors (Lipinski definition) is 3. The molecule has 20 heavy (non-hydrogen) atoms. The number of methoxy groups -OCH3 is 1. The minimum Gasteiger partial charge on any atom is -0.497 e. The van der Waals surface area contributed by atoms with Gasteiger partial charge in [-0.2, -0.15) is 0 Å². The molecule has 0 bridgehead atoms. The van der Waals surface area contributed by atoms with Gasteiger partial charge in [-0.05, 0) is 38.1 Å². The van der Waals surface area contributed by atoms with Crippen LogP contribution in [0.2, 0.25) is 0 Å². The van der Waals surface area contributed by atoms with E-state index < -0.39 is 5.60 Å². The van der Waals surface area contributed by atoms with Crippen molar-refractivity contribution in [3.8, 4) is 5.75 Å². The lowest BCUT2D eigenvalue weighted by atomic mass is 9.83. The van der Waals surface area contributed by atoms with Gasteiger partial charge in [-0.25, -0.2) is 4.79 Å². The number of rotatable bonds is 4. The average molecular weight is 278 g/mol. The topological polar surface area (TPSA) is 52.1 Å². The van der Waals surface area contributed by atoms with Crippen LogP contribution < -0.4 is 10.1 Å². The molecule has 0 aliphatic carbocycles. The molecule has 1 aliphatic rings. The Balaban J connectivity index is 2.01. The SMILES string of the molecule is COc1ccc(C(=O)OC(C)(C)C2CC[NH2+]CC2)cc1. The van der Waals surface area contributed by atoms with Crippen molar-refractivity contribution in [2.45, 2.75) is 32.3 Å². The summed E-state index contributed by atoms with van der Waals surface area (Å²) < 4.78 is 10.8. The molecule has 110 valence electrons. The monoisotopic (exact) mass is 278 g/mol. The predicted molar refractivity (Wildman–Crippen MR) is 76.9 cm³/mol. The molecule has 1 aliphatic heterocycles. The molecule has 2 N–H and O–H groups in total. The van der Waals surface area contributed by atoms with E-state index in [-0.39, 0.29) is 5.97 Å². The fraction of sp³-hybridized carbons (Fsp3) is 0.562.